The van der Waals surface area contributed by atoms with Crippen LogP contribution in [0, 0.1) is 12.7 Å². The molecule has 0 radical (unpaired) electrons. The van der Waals surface area contributed by atoms with Crippen molar-refractivity contribution < 1.29 is 4.39 Å². The lowest BCUT2D eigenvalue weighted by molar-refractivity contribution is 0.628. The largest absolute Gasteiger partial charge is 0.337 e. The lowest BCUT2D eigenvalue weighted by Crippen LogP contribution is -2.46. The fourth-order valence-electron chi connectivity index (χ4n) is 5.63. The molecule has 6 nitrogen and oxygen atoms in total. The number of halogens is 1. The van der Waals surface area contributed by atoms with Crippen molar-refractivity contribution >= 4 is 34.6 Å². The van der Waals surface area contributed by atoms with E-state index in [1.165, 1.54) is 17.7 Å². The molecule has 1 aromatic heterocycles. The van der Waals surface area contributed by atoms with Gasteiger partial charge in [-0.15, -0.1) is 0 Å². The molecule has 0 fully saturated rings. The van der Waals surface area contributed by atoms with Gasteiger partial charge >= 0.3 is 0 Å². The molecule has 7 heteroatoms. The Morgan fingerprint density at radius 1 is 0.829 bits per heavy atom. The molecule has 0 aliphatic carbocycles. The van der Waals surface area contributed by atoms with Gasteiger partial charge in [-0.2, -0.15) is 5.10 Å². The second kappa shape index (κ2) is 9.86. The third kappa shape index (κ3) is 4.30. The Hall–Kier alpha value is -5.04. The van der Waals surface area contributed by atoms with E-state index >= 15 is 0 Å². The number of nitrogens with one attached hydrogen (secondary N) is 1. The van der Waals surface area contributed by atoms with E-state index < -0.39 is 0 Å². The van der Waals surface area contributed by atoms with E-state index in [0.717, 1.165) is 39.7 Å². The maximum atomic E-state index is 14.2. The highest BCUT2D eigenvalue weighted by Gasteiger charge is 2.41. The molecule has 2 aliphatic heterocycles. The molecule has 0 unspecified atom stereocenters. The molecule has 7 rings (SSSR count). The van der Waals surface area contributed by atoms with Gasteiger partial charge in [0, 0.05) is 11.3 Å². The van der Waals surface area contributed by atoms with E-state index in [2.05, 4.69) is 54.4 Å². The van der Waals surface area contributed by atoms with E-state index in [4.69, 9.17) is 15.1 Å². The van der Waals surface area contributed by atoms with Crippen LogP contribution in [-0.4, -0.2) is 21.5 Å². The van der Waals surface area contributed by atoms with Crippen molar-refractivity contribution in [3.05, 3.63) is 131 Å². The summed E-state index contributed by atoms with van der Waals surface area (Å²) >= 11 is 0. The number of aliphatic imine (C=N–C) groups is 2. The van der Waals surface area contributed by atoms with Crippen molar-refractivity contribution in [2.45, 2.75) is 32.7 Å². The summed E-state index contributed by atoms with van der Waals surface area (Å²) in [5.41, 5.74) is 7.64. The van der Waals surface area contributed by atoms with Crippen LogP contribution in [0.25, 0.3) is 5.69 Å². The van der Waals surface area contributed by atoms with Gasteiger partial charge in [-0.3, -0.25) is 0 Å². The predicted molar refractivity (Wildman–Crippen MR) is 164 cm³/mol. The quantitative estimate of drug-likeness (QED) is 0.250. The van der Waals surface area contributed by atoms with Crippen LogP contribution >= 0.6 is 0 Å². The van der Waals surface area contributed by atoms with Crippen LogP contribution in [0.4, 0.5) is 27.3 Å². The second-order valence-electron chi connectivity index (χ2n) is 10.7. The van der Waals surface area contributed by atoms with E-state index in [-0.39, 0.29) is 11.9 Å². The summed E-state index contributed by atoms with van der Waals surface area (Å²) < 4.78 is 16.1. The molecule has 0 saturated heterocycles. The molecule has 1 atom stereocenters. The first-order chi connectivity index (χ1) is 20.0. The van der Waals surface area contributed by atoms with Crippen LogP contribution in [0.15, 0.2) is 113 Å². The molecule has 0 saturated carbocycles. The fourth-order valence-corrected chi connectivity index (χ4v) is 5.63. The zero-order chi connectivity index (χ0) is 28.1. The average molecular weight is 541 g/mol. The number of rotatable bonds is 4. The summed E-state index contributed by atoms with van der Waals surface area (Å²) in [7, 11) is 0. The van der Waals surface area contributed by atoms with Crippen LogP contribution < -0.4 is 10.2 Å². The minimum atomic E-state index is -0.322. The zero-order valence-corrected chi connectivity index (χ0v) is 23.1. The summed E-state index contributed by atoms with van der Waals surface area (Å²) in [4.78, 5) is 12.5. The third-order valence-corrected chi connectivity index (χ3v) is 7.65. The lowest BCUT2D eigenvalue weighted by atomic mass is 9.91. The first kappa shape index (κ1) is 25.0. The van der Waals surface area contributed by atoms with Gasteiger partial charge in [-0.25, -0.2) is 19.1 Å². The number of hydrogen-bond acceptors (Lipinski definition) is 5. The molecule has 0 spiro atoms. The van der Waals surface area contributed by atoms with Crippen molar-refractivity contribution in [3.63, 3.8) is 0 Å². The minimum Gasteiger partial charge on any atom is -0.337 e. The van der Waals surface area contributed by atoms with Gasteiger partial charge in [-0.1, -0.05) is 74.5 Å². The van der Waals surface area contributed by atoms with Gasteiger partial charge < -0.3 is 10.2 Å². The van der Waals surface area contributed by atoms with Crippen LogP contribution in [0.1, 0.15) is 48.2 Å². The molecule has 202 valence electrons. The molecule has 2 aliphatic rings. The molecule has 41 heavy (non-hydrogen) atoms. The molecule has 4 aromatic carbocycles. The Morgan fingerprint density at radius 2 is 1.59 bits per heavy atom. The summed E-state index contributed by atoms with van der Waals surface area (Å²) in [5.74, 6) is 2.05. The predicted octanol–water partition coefficient (Wildman–Crippen LogP) is 8.24. The highest BCUT2D eigenvalue weighted by atomic mass is 19.1. The smallest absolute Gasteiger partial charge is 0.179 e. The maximum absolute atomic E-state index is 14.2. The number of anilines is 2. The summed E-state index contributed by atoms with van der Waals surface area (Å²) in [6.07, 6.45) is 0. The van der Waals surface area contributed by atoms with Gasteiger partial charge in [0.2, 0.25) is 0 Å². The van der Waals surface area contributed by atoms with Gasteiger partial charge in [0.05, 0.1) is 28.8 Å². The van der Waals surface area contributed by atoms with Crippen LogP contribution in [-0.2, 0) is 0 Å². The first-order valence-corrected chi connectivity index (χ1v) is 13.8. The van der Waals surface area contributed by atoms with Crippen molar-refractivity contribution in [1.29, 1.82) is 0 Å². The van der Waals surface area contributed by atoms with Crippen molar-refractivity contribution in [3.8, 4) is 5.69 Å². The van der Waals surface area contributed by atoms with Crippen LogP contribution in [0.3, 0.4) is 0 Å². The number of hydrogen-bond donors (Lipinski definition) is 1. The number of amidine groups is 2. The molecular formula is C34H29FN6. The number of fused-ring (bicyclic) bond motifs is 4. The number of aryl methyl sites for hydroxylation is 1. The van der Waals surface area contributed by atoms with Crippen LogP contribution in [0.5, 0.6) is 0 Å². The molecule has 3 heterocycles. The number of nitrogens with zero attached hydrogens (tertiary/aromatic N) is 5. The fraction of sp³-hybridized carbons (Fsp3) is 0.147. The number of benzene rings is 4. The minimum absolute atomic E-state index is 0.211. The number of aromatic nitrogens is 2. The van der Waals surface area contributed by atoms with Gasteiger partial charge in [0.15, 0.2) is 17.5 Å². The third-order valence-electron chi connectivity index (χ3n) is 7.65. The zero-order valence-electron chi connectivity index (χ0n) is 23.1. The van der Waals surface area contributed by atoms with Crippen molar-refractivity contribution in [1.82, 2.24) is 9.78 Å². The molecule has 0 bridgehead atoms. The summed E-state index contributed by atoms with van der Waals surface area (Å²) in [6, 6.07) is 33.1. The normalized spacial score (nSPS) is 15.5. The van der Waals surface area contributed by atoms with E-state index in [1.54, 1.807) is 6.07 Å². The van der Waals surface area contributed by atoms with Gasteiger partial charge in [-0.05, 0) is 66.4 Å². The molecular weight excluding hydrogens is 511 g/mol. The SMILES string of the molecule is Cc1nn(-c2ccccc2)c2c1[C@H](c1ccc(C(C)C)cc1)N1C(=N2)C(Nc2cccc(F)c2)=Nc2ccccc21. The van der Waals surface area contributed by atoms with E-state index in [9.17, 15) is 4.39 Å². The molecule has 1 N–H and O–H groups in total. The Labute approximate surface area is 238 Å². The van der Waals surface area contributed by atoms with Gasteiger partial charge in [0.25, 0.3) is 0 Å². The van der Waals surface area contributed by atoms with Crippen molar-refractivity contribution in [2.75, 3.05) is 10.2 Å². The molecule has 5 aromatic rings. The monoisotopic (exact) mass is 540 g/mol. The van der Waals surface area contributed by atoms with Crippen molar-refractivity contribution in [2.24, 2.45) is 9.98 Å². The Morgan fingerprint density at radius 3 is 2.34 bits per heavy atom. The second-order valence-corrected chi connectivity index (χ2v) is 10.7. The topological polar surface area (TPSA) is 57.8 Å². The van der Waals surface area contributed by atoms with E-state index in [1.807, 2.05) is 66.2 Å². The summed E-state index contributed by atoms with van der Waals surface area (Å²) in [5, 5.41) is 8.35. The maximum Gasteiger partial charge on any atom is 0.179 e. The standard InChI is InChI=1S/C34H29FN6/c1-21(2)23-16-18-24(19-17-23)31-30-22(3)39-41(27-12-5-4-6-13-27)33(30)38-34-32(36-26-11-9-10-25(35)20-26)37-28-14-7-8-15-29(28)40(31)34/h4-21,31H,1-3H3,(H,36,37)/t31-/m0/s1. The molecule has 0 amide bonds. The van der Waals surface area contributed by atoms with Crippen LogP contribution in [0.2, 0.25) is 0 Å². The Kier molecular flexibility index (Phi) is 6.00. The Bertz CT molecular complexity index is 1820. The first-order valence-electron chi connectivity index (χ1n) is 13.8. The average Bonchev–Trinajstić information content (AvgIpc) is 3.32. The highest BCUT2D eigenvalue weighted by Crippen LogP contribution is 2.48. The van der Waals surface area contributed by atoms with Gasteiger partial charge in [0.1, 0.15) is 5.82 Å². The highest BCUT2D eigenvalue weighted by molar-refractivity contribution is 6.51. The number of para-hydroxylation sites is 3. The Balaban J connectivity index is 1.48. The van der Waals surface area contributed by atoms with E-state index in [0.29, 0.717) is 23.3 Å². The lowest BCUT2D eigenvalue weighted by Gasteiger charge is -2.40. The summed E-state index contributed by atoms with van der Waals surface area (Å²) in [6.45, 7) is 6.45.